The van der Waals surface area contributed by atoms with Crippen molar-refractivity contribution in [2.24, 2.45) is 5.73 Å². The third-order valence-corrected chi connectivity index (χ3v) is 4.21. The molecule has 1 nitrogen and oxygen atoms in total. The van der Waals surface area contributed by atoms with E-state index in [4.69, 9.17) is 5.73 Å². The Morgan fingerprint density at radius 2 is 2.12 bits per heavy atom. The molecule has 0 amide bonds. The number of hydrogen-bond donors (Lipinski definition) is 1. The Balaban J connectivity index is 1.81. The Morgan fingerprint density at radius 3 is 2.94 bits per heavy atom. The van der Waals surface area contributed by atoms with Gasteiger partial charge in [-0.15, -0.1) is 0 Å². The van der Waals surface area contributed by atoms with Crippen LogP contribution in [0.2, 0.25) is 0 Å². The second-order valence-corrected chi connectivity index (χ2v) is 5.88. The lowest BCUT2D eigenvalue weighted by molar-refractivity contribution is 0.721. The number of aryl methyl sites for hydroxylation is 2. The molecule has 16 heavy (non-hydrogen) atoms. The first kappa shape index (κ1) is 12.0. The fraction of sp³-hybridized carbons (Fsp3) is 0.571. The zero-order chi connectivity index (χ0) is 11.4. The van der Waals surface area contributed by atoms with Crippen LogP contribution in [0.25, 0.3) is 0 Å². The minimum absolute atomic E-state index is 0.340. The molecule has 1 aromatic rings. The number of fused-ring (bicyclic) bond motifs is 1. The third-order valence-electron chi connectivity index (χ3n) is 3.15. The summed E-state index contributed by atoms with van der Waals surface area (Å²) < 4.78 is 0. The van der Waals surface area contributed by atoms with Crippen LogP contribution in [0.15, 0.2) is 18.2 Å². The monoisotopic (exact) mass is 235 g/mol. The van der Waals surface area contributed by atoms with Crippen LogP contribution in [0, 0.1) is 0 Å². The number of rotatable bonds is 5. The molecule has 2 N–H and O–H groups in total. The van der Waals surface area contributed by atoms with E-state index in [0.717, 1.165) is 12.2 Å². The highest BCUT2D eigenvalue weighted by molar-refractivity contribution is 7.98. The number of thioether (sulfide) groups is 1. The summed E-state index contributed by atoms with van der Waals surface area (Å²) in [4.78, 5) is 0. The Bertz CT molecular complexity index is 347. The Kier molecular flexibility index (Phi) is 4.30. The van der Waals surface area contributed by atoms with Crippen molar-refractivity contribution in [2.45, 2.75) is 44.4 Å². The van der Waals surface area contributed by atoms with Crippen molar-refractivity contribution in [3.63, 3.8) is 0 Å². The summed E-state index contributed by atoms with van der Waals surface area (Å²) in [6.07, 6.45) is 5.04. The van der Waals surface area contributed by atoms with Crippen LogP contribution < -0.4 is 5.73 Å². The van der Waals surface area contributed by atoms with Gasteiger partial charge in [0, 0.05) is 11.8 Å². The lowest BCUT2D eigenvalue weighted by atomic mass is 10.1. The zero-order valence-electron chi connectivity index (χ0n) is 10.0. The minimum atomic E-state index is 0.340. The Labute approximate surface area is 103 Å². The van der Waals surface area contributed by atoms with Gasteiger partial charge < -0.3 is 5.73 Å². The molecular formula is C14H21NS. The van der Waals surface area contributed by atoms with Gasteiger partial charge in [0.05, 0.1) is 0 Å². The number of benzene rings is 1. The van der Waals surface area contributed by atoms with Crippen LogP contribution in [0.4, 0.5) is 0 Å². The van der Waals surface area contributed by atoms with Gasteiger partial charge in [-0.05, 0) is 55.1 Å². The average molecular weight is 235 g/mol. The summed E-state index contributed by atoms with van der Waals surface area (Å²) >= 11 is 2.00. The lowest BCUT2D eigenvalue weighted by Crippen LogP contribution is -2.15. The lowest BCUT2D eigenvalue weighted by Gasteiger charge is -2.06. The molecule has 0 saturated carbocycles. The van der Waals surface area contributed by atoms with Crippen LogP contribution >= 0.6 is 11.8 Å². The topological polar surface area (TPSA) is 26.0 Å². The molecular weight excluding hydrogens is 214 g/mol. The van der Waals surface area contributed by atoms with Gasteiger partial charge in [-0.25, -0.2) is 0 Å². The first-order chi connectivity index (χ1) is 7.75. The molecule has 0 aliphatic heterocycles. The van der Waals surface area contributed by atoms with Gasteiger partial charge in [0.2, 0.25) is 0 Å². The predicted octanol–water partition coefficient (Wildman–Crippen LogP) is 3.15. The largest absolute Gasteiger partial charge is 0.328 e. The summed E-state index contributed by atoms with van der Waals surface area (Å²) in [5.74, 6) is 2.31. The summed E-state index contributed by atoms with van der Waals surface area (Å²) in [5, 5.41) is 0. The van der Waals surface area contributed by atoms with E-state index in [1.54, 1.807) is 11.1 Å². The molecule has 0 spiro atoms. The molecule has 1 unspecified atom stereocenters. The molecule has 1 aliphatic carbocycles. The van der Waals surface area contributed by atoms with Crippen molar-refractivity contribution < 1.29 is 0 Å². The van der Waals surface area contributed by atoms with Crippen LogP contribution in [0.3, 0.4) is 0 Å². The van der Waals surface area contributed by atoms with E-state index in [0.29, 0.717) is 6.04 Å². The van der Waals surface area contributed by atoms with E-state index in [1.807, 2.05) is 11.8 Å². The van der Waals surface area contributed by atoms with Gasteiger partial charge in [-0.1, -0.05) is 18.2 Å². The molecule has 0 aromatic heterocycles. The average Bonchev–Trinajstić information content (AvgIpc) is 2.71. The molecule has 0 bridgehead atoms. The first-order valence-electron chi connectivity index (χ1n) is 6.19. The first-order valence-corrected chi connectivity index (χ1v) is 7.35. The van der Waals surface area contributed by atoms with Gasteiger partial charge in [0.1, 0.15) is 0 Å². The molecule has 2 heteroatoms. The molecule has 1 aromatic carbocycles. The molecule has 1 aliphatic rings. The molecule has 0 heterocycles. The quantitative estimate of drug-likeness (QED) is 0.793. The van der Waals surface area contributed by atoms with Gasteiger partial charge >= 0.3 is 0 Å². The van der Waals surface area contributed by atoms with E-state index < -0.39 is 0 Å². The molecule has 88 valence electrons. The van der Waals surface area contributed by atoms with Crippen LogP contribution in [0.1, 0.15) is 36.5 Å². The molecule has 0 saturated heterocycles. The third kappa shape index (κ3) is 3.26. The normalized spacial score (nSPS) is 16.1. The summed E-state index contributed by atoms with van der Waals surface area (Å²) in [5.41, 5.74) is 10.4. The fourth-order valence-corrected chi connectivity index (χ4v) is 3.27. The fourth-order valence-electron chi connectivity index (χ4n) is 2.17. The van der Waals surface area contributed by atoms with Crippen LogP contribution in [-0.2, 0) is 18.6 Å². The van der Waals surface area contributed by atoms with Crippen LogP contribution in [0.5, 0.6) is 0 Å². The summed E-state index contributed by atoms with van der Waals surface area (Å²) in [6.45, 7) is 2.08. The van der Waals surface area contributed by atoms with E-state index in [2.05, 4.69) is 25.1 Å². The molecule has 0 fully saturated rings. The molecule has 0 radical (unpaired) electrons. The van der Waals surface area contributed by atoms with Gasteiger partial charge in [0.25, 0.3) is 0 Å². The number of nitrogens with two attached hydrogens (primary N) is 1. The van der Waals surface area contributed by atoms with Gasteiger partial charge in [0.15, 0.2) is 0 Å². The highest BCUT2D eigenvalue weighted by Crippen LogP contribution is 2.24. The summed E-state index contributed by atoms with van der Waals surface area (Å²) in [6, 6.07) is 7.36. The highest BCUT2D eigenvalue weighted by atomic mass is 32.2. The standard InChI is InChI=1S/C14H21NS/c1-11(15)7-8-16-10-12-5-6-13-3-2-4-14(13)9-12/h5-6,9,11H,2-4,7-8,10,15H2,1H3. The van der Waals surface area contributed by atoms with Crippen molar-refractivity contribution in [3.05, 3.63) is 34.9 Å². The summed E-state index contributed by atoms with van der Waals surface area (Å²) in [7, 11) is 0. The smallest absolute Gasteiger partial charge is 0.0184 e. The maximum absolute atomic E-state index is 5.73. The van der Waals surface area contributed by atoms with Gasteiger partial charge in [-0.3, -0.25) is 0 Å². The van der Waals surface area contributed by atoms with E-state index in [1.165, 1.54) is 30.6 Å². The number of hydrogen-bond acceptors (Lipinski definition) is 2. The molecule has 1 atom stereocenters. The van der Waals surface area contributed by atoms with Crippen LogP contribution in [-0.4, -0.2) is 11.8 Å². The highest BCUT2D eigenvalue weighted by Gasteiger charge is 2.10. The van der Waals surface area contributed by atoms with Crippen molar-refractivity contribution in [1.29, 1.82) is 0 Å². The Hall–Kier alpha value is -0.470. The zero-order valence-corrected chi connectivity index (χ0v) is 10.9. The predicted molar refractivity (Wildman–Crippen MR) is 72.9 cm³/mol. The second-order valence-electron chi connectivity index (χ2n) is 4.78. The molecule has 2 rings (SSSR count). The van der Waals surface area contributed by atoms with Crippen molar-refractivity contribution >= 4 is 11.8 Å². The van der Waals surface area contributed by atoms with Crippen molar-refractivity contribution in [1.82, 2.24) is 0 Å². The van der Waals surface area contributed by atoms with E-state index in [9.17, 15) is 0 Å². The Morgan fingerprint density at radius 1 is 1.31 bits per heavy atom. The SMILES string of the molecule is CC(N)CCSCc1ccc2c(c1)CCC2. The van der Waals surface area contributed by atoms with E-state index in [-0.39, 0.29) is 0 Å². The van der Waals surface area contributed by atoms with Gasteiger partial charge in [-0.2, -0.15) is 11.8 Å². The maximum atomic E-state index is 5.73. The van der Waals surface area contributed by atoms with E-state index >= 15 is 0 Å². The second kappa shape index (κ2) is 5.74. The van der Waals surface area contributed by atoms with Crippen molar-refractivity contribution in [2.75, 3.05) is 5.75 Å². The minimum Gasteiger partial charge on any atom is -0.328 e. The van der Waals surface area contributed by atoms with Crippen molar-refractivity contribution in [3.8, 4) is 0 Å². The maximum Gasteiger partial charge on any atom is 0.0184 e.